The van der Waals surface area contributed by atoms with Crippen molar-refractivity contribution in [3.05, 3.63) is 76.2 Å². The first-order chi connectivity index (χ1) is 11.8. The van der Waals surface area contributed by atoms with Crippen molar-refractivity contribution < 1.29 is 4.74 Å². The molecular formula is C18H16ClN3O2. The van der Waals surface area contributed by atoms with Gasteiger partial charge in [-0.1, -0.05) is 60.1 Å². The molecule has 0 aliphatic heterocycles. The molecule has 0 radical (unpaired) electrons. The molecule has 0 aliphatic carbocycles. The third-order valence-electron chi connectivity index (χ3n) is 3.44. The van der Waals surface area contributed by atoms with Crippen LogP contribution in [0.1, 0.15) is 0 Å². The maximum absolute atomic E-state index is 11.4. The molecule has 0 spiro atoms. The number of benzene rings is 2. The second kappa shape index (κ2) is 7.66. The zero-order valence-electron chi connectivity index (χ0n) is 12.8. The van der Waals surface area contributed by atoms with Crippen LogP contribution in [0.4, 0.5) is 5.69 Å². The first-order valence-electron chi connectivity index (χ1n) is 7.50. The summed E-state index contributed by atoms with van der Waals surface area (Å²) in [4.78, 5) is 11.4. The molecule has 0 bridgehead atoms. The molecule has 24 heavy (non-hydrogen) atoms. The average Bonchev–Trinajstić information content (AvgIpc) is 2.63. The van der Waals surface area contributed by atoms with Gasteiger partial charge in [0.25, 0.3) is 5.56 Å². The number of aromatic amines is 1. The van der Waals surface area contributed by atoms with Gasteiger partial charge in [0, 0.05) is 12.1 Å². The van der Waals surface area contributed by atoms with E-state index in [1.165, 1.54) is 6.20 Å². The van der Waals surface area contributed by atoms with Crippen molar-refractivity contribution >= 4 is 17.3 Å². The third kappa shape index (κ3) is 3.75. The fourth-order valence-corrected chi connectivity index (χ4v) is 2.46. The summed E-state index contributed by atoms with van der Waals surface area (Å²) in [5.74, 6) is 0.806. The lowest BCUT2D eigenvalue weighted by Crippen LogP contribution is -2.16. The molecule has 1 heterocycles. The van der Waals surface area contributed by atoms with Crippen molar-refractivity contribution in [2.45, 2.75) is 0 Å². The van der Waals surface area contributed by atoms with Crippen LogP contribution in [0.5, 0.6) is 5.75 Å². The lowest BCUT2D eigenvalue weighted by atomic mass is 10.1. The summed E-state index contributed by atoms with van der Waals surface area (Å²) in [5, 5.41) is 9.12. The molecule has 5 nitrogen and oxygen atoms in total. The minimum absolute atomic E-state index is 0.0923. The van der Waals surface area contributed by atoms with E-state index in [0.717, 1.165) is 16.9 Å². The third-order valence-corrected chi connectivity index (χ3v) is 3.82. The smallest absolute Gasteiger partial charge is 0.285 e. The number of para-hydroxylation sites is 1. The summed E-state index contributed by atoms with van der Waals surface area (Å²) in [5.41, 5.74) is 2.20. The summed E-state index contributed by atoms with van der Waals surface area (Å²) >= 11 is 5.91. The van der Waals surface area contributed by atoms with Crippen molar-refractivity contribution in [3.63, 3.8) is 0 Å². The van der Waals surface area contributed by atoms with E-state index < -0.39 is 5.56 Å². The predicted octanol–water partition coefficient (Wildman–Crippen LogP) is 3.58. The Kier molecular flexibility index (Phi) is 5.13. The summed E-state index contributed by atoms with van der Waals surface area (Å²) in [6, 6.07) is 17.9. The lowest BCUT2D eigenvalue weighted by molar-refractivity contribution is 0.334. The molecule has 122 valence electrons. The van der Waals surface area contributed by atoms with Gasteiger partial charge in [0.05, 0.1) is 11.9 Å². The molecule has 3 rings (SSSR count). The Balaban J connectivity index is 1.64. The Hall–Kier alpha value is -2.79. The number of halogens is 1. The number of aromatic nitrogens is 2. The fourth-order valence-electron chi connectivity index (χ4n) is 2.30. The molecule has 3 aromatic rings. The number of nitrogens with zero attached hydrogens (tertiary/aromatic N) is 1. The van der Waals surface area contributed by atoms with Crippen molar-refractivity contribution in [1.82, 2.24) is 10.2 Å². The number of nitrogens with one attached hydrogen (secondary N) is 2. The zero-order chi connectivity index (χ0) is 16.8. The van der Waals surface area contributed by atoms with Crippen LogP contribution in [-0.2, 0) is 0 Å². The largest absolute Gasteiger partial charge is 0.491 e. The Morgan fingerprint density at radius 2 is 1.83 bits per heavy atom. The van der Waals surface area contributed by atoms with E-state index in [0.29, 0.717) is 18.8 Å². The highest BCUT2D eigenvalue weighted by molar-refractivity contribution is 6.32. The van der Waals surface area contributed by atoms with Gasteiger partial charge >= 0.3 is 0 Å². The highest BCUT2D eigenvalue weighted by Crippen LogP contribution is 2.29. The molecular weight excluding hydrogens is 326 g/mol. The monoisotopic (exact) mass is 341 g/mol. The molecule has 0 unspecified atom stereocenters. The number of hydrogen-bond donors (Lipinski definition) is 2. The van der Waals surface area contributed by atoms with Gasteiger partial charge < -0.3 is 10.1 Å². The first kappa shape index (κ1) is 16.1. The summed E-state index contributed by atoms with van der Waals surface area (Å²) < 4.78 is 5.87. The van der Waals surface area contributed by atoms with Gasteiger partial charge in [0.15, 0.2) is 0 Å². The van der Waals surface area contributed by atoms with Gasteiger partial charge in [0.2, 0.25) is 0 Å². The molecule has 2 aromatic carbocycles. The standard InChI is InChI=1S/C18H16ClN3O2/c19-17-15(12-21-22-18(17)23)20-10-11-24-16-9-5-4-8-14(16)13-6-2-1-3-7-13/h1-9,12H,10-11H2,(H2,20,22,23). The molecule has 0 aliphatic rings. The van der Waals surface area contributed by atoms with Crippen LogP contribution in [0.2, 0.25) is 5.02 Å². The van der Waals surface area contributed by atoms with E-state index in [-0.39, 0.29) is 5.02 Å². The van der Waals surface area contributed by atoms with Crippen LogP contribution in [0, 0.1) is 0 Å². The molecule has 0 amide bonds. The van der Waals surface area contributed by atoms with E-state index in [1.807, 2.05) is 54.6 Å². The topological polar surface area (TPSA) is 67.0 Å². The van der Waals surface area contributed by atoms with Crippen molar-refractivity contribution in [2.24, 2.45) is 0 Å². The van der Waals surface area contributed by atoms with Gasteiger partial charge in [-0.3, -0.25) is 4.79 Å². The highest BCUT2D eigenvalue weighted by atomic mass is 35.5. The Morgan fingerprint density at radius 3 is 2.67 bits per heavy atom. The minimum Gasteiger partial charge on any atom is -0.491 e. The number of ether oxygens (including phenoxy) is 1. The quantitative estimate of drug-likeness (QED) is 0.672. The lowest BCUT2D eigenvalue weighted by Gasteiger charge is -2.12. The maximum Gasteiger partial charge on any atom is 0.285 e. The Bertz CT molecular complexity index is 865. The first-order valence-corrected chi connectivity index (χ1v) is 7.88. The van der Waals surface area contributed by atoms with Gasteiger partial charge in [0.1, 0.15) is 17.4 Å². The molecule has 6 heteroatoms. The molecule has 0 fully saturated rings. The second-order valence-electron chi connectivity index (χ2n) is 5.06. The molecule has 0 saturated heterocycles. The molecule has 1 aromatic heterocycles. The van der Waals surface area contributed by atoms with Crippen LogP contribution in [-0.4, -0.2) is 23.3 Å². The molecule has 0 saturated carbocycles. The summed E-state index contributed by atoms with van der Waals surface area (Å²) in [6.07, 6.45) is 1.47. The van der Waals surface area contributed by atoms with Gasteiger partial charge in [-0.2, -0.15) is 5.10 Å². The Morgan fingerprint density at radius 1 is 1.08 bits per heavy atom. The SMILES string of the molecule is O=c1[nH]ncc(NCCOc2ccccc2-c2ccccc2)c1Cl. The van der Waals surface area contributed by atoms with Crippen LogP contribution >= 0.6 is 11.6 Å². The fraction of sp³-hybridized carbons (Fsp3) is 0.111. The van der Waals surface area contributed by atoms with Crippen LogP contribution in [0.3, 0.4) is 0 Å². The van der Waals surface area contributed by atoms with E-state index in [2.05, 4.69) is 15.5 Å². The number of hydrogen-bond acceptors (Lipinski definition) is 4. The van der Waals surface area contributed by atoms with E-state index in [1.54, 1.807) is 0 Å². The van der Waals surface area contributed by atoms with Crippen LogP contribution < -0.4 is 15.6 Å². The van der Waals surface area contributed by atoms with Crippen molar-refractivity contribution in [2.75, 3.05) is 18.5 Å². The molecule has 0 atom stereocenters. The van der Waals surface area contributed by atoms with E-state index in [4.69, 9.17) is 16.3 Å². The molecule has 2 N–H and O–H groups in total. The Labute approximate surface area is 144 Å². The van der Waals surface area contributed by atoms with Gasteiger partial charge in [-0.15, -0.1) is 0 Å². The summed E-state index contributed by atoms with van der Waals surface area (Å²) in [6.45, 7) is 0.918. The van der Waals surface area contributed by atoms with E-state index >= 15 is 0 Å². The number of H-pyrrole nitrogens is 1. The van der Waals surface area contributed by atoms with Gasteiger partial charge in [-0.25, -0.2) is 5.10 Å². The summed E-state index contributed by atoms with van der Waals surface area (Å²) in [7, 11) is 0. The second-order valence-corrected chi connectivity index (χ2v) is 5.44. The maximum atomic E-state index is 11.4. The van der Waals surface area contributed by atoms with E-state index in [9.17, 15) is 4.79 Å². The van der Waals surface area contributed by atoms with Crippen LogP contribution in [0.15, 0.2) is 65.6 Å². The highest BCUT2D eigenvalue weighted by Gasteiger charge is 2.06. The normalized spacial score (nSPS) is 10.4. The van der Waals surface area contributed by atoms with Gasteiger partial charge in [-0.05, 0) is 11.6 Å². The minimum atomic E-state index is -0.419. The predicted molar refractivity (Wildman–Crippen MR) is 95.7 cm³/mol. The zero-order valence-corrected chi connectivity index (χ0v) is 13.6. The van der Waals surface area contributed by atoms with Crippen molar-refractivity contribution in [3.8, 4) is 16.9 Å². The van der Waals surface area contributed by atoms with Crippen LogP contribution in [0.25, 0.3) is 11.1 Å². The average molecular weight is 342 g/mol. The van der Waals surface area contributed by atoms with Crippen molar-refractivity contribution in [1.29, 1.82) is 0 Å². The number of anilines is 1. The number of rotatable bonds is 6.